The zero-order valence-corrected chi connectivity index (χ0v) is 8.56. The summed E-state index contributed by atoms with van der Waals surface area (Å²) < 4.78 is 44.5. The summed E-state index contributed by atoms with van der Waals surface area (Å²) in [6, 6.07) is 1.44. The molecule has 0 spiro atoms. The fourth-order valence-corrected chi connectivity index (χ4v) is 0.961. The van der Waals surface area contributed by atoms with Crippen molar-refractivity contribution >= 4 is 15.9 Å². The molecule has 0 aliphatic rings. The molecule has 0 saturated heterocycles. The number of halogens is 4. The van der Waals surface area contributed by atoms with Gasteiger partial charge in [0.15, 0.2) is 5.76 Å². The summed E-state index contributed by atoms with van der Waals surface area (Å²) in [5.74, 6) is 0.579. The number of ether oxygens (including phenoxy) is 1. The van der Waals surface area contributed by atoms with E-state index in [1.165, 1.54) is 6.07 Å². The second kappa shape index (κ2) is 4.68. The molecule has 1 rings (SSSR count). The van der Waals surface area contributed by atoms with Crippen LogP contribution in [0.5, 0.6) is 5.88 Å². The first-order valence-electron chi connectivity index (χ1n) is 3.72. The maximum absolute atomic E-state index is 11.7. The fraction of sp³-hybridized carbons (Fsp3) is 0.571. The predicted octanol–water partition coefficient (Wildman–Crippen LogP) is 2.90. The summed E-state index contributed by atoms with van der Waals surface area (Å²) in [4.78, 5) is 0. The normalized spacial score (nSPS) is 11.7. The topological polar surface area (TPSA) is 35.3 Å². The van der Waals surface area contributed by atoms with Gasteiger partial charge in [-0.1, -0.05) is 15.9 Å². The van der Waals surface area contributed by atoms with Gasteiger partial charge < -0.3 is 9.26 Å². The lowest BCUT2D eigenvalue weighted by Gasteiger charge is -2.05. The number of nitrogens with zero attached hydrogens (tertiary/aromatic N) is 1. The van der Waals surface area contributed by atoms with Gasteiger partial charge in [-0.25, -0.2) is 0 Å². The van der Waals surface area contributed by atoms with E-state index in [-0.39, 0.29) is 5.88 Å². The van der Waals surface area contributed by atoms with E-state index in [2.05, 4.69) is 21.1 Å². The van der Waals surface area contributed by atoms with Crippen molar-refractivity contribution in [1.29, 1.82) is 0 Å². The van der Waals surface area contributed by atoms with Crippen LogP contribution in [0.3, 0.4) is 0 Å². The third-order valence-corrected chi connectivity index (χ3v) is 1.86. The van der Waals surface area contributed by atoms with Gasteiger partial charge in [-0.3, -0.25) is 0 Å². The number of aromatic nitrogens is 1. The Labute approximate surface area is 86.3 Å². The largest absolute Gasteiger partial charge is 0.475 e. The van der Waals surface area contributed by atoms with E-state index in [4.69, 9.17) is 9.26 Å². The summed E-state index contributed by atoms with van der Waals surface area (Å²) >= 11 is 3.10. The van der Waals surface area contributed by atoms with Gasteiger partial charge >= 0.3 is 6.18 Å². The highest BCUT2D eigenvalue weighted by Gasteiger charge is 2.27. The highest BCUT2D eigenvalue weighted by molar-refractivity contribution is 9.08. The first-order valence-corrected chi connectivity index (χ1v) is 4.84. The lowest BCUT2D eigenvalue weighted by molar-refractivity contribution is -0.139. The fourth-order valence-electron chi connectivity index (χ4n) is 0.696. The van der Waals surface area contributed by atoms with Crippen LogP contribution in [0.15, 0.2) is 10.6 Å². The molecule has 80 valence electrons. The van der Waals surface area contributed by atoms with Crippen molar-refractivity contribution in [1.82, 2.24) is 5.16 Å². The monoisotopic (exact) mass is 273 g/mol. The molecule has 1 heterocycles. The van der Waals surface area contributed by atoms with Gasteiger partial charge in [0.2, 0.25) is 0 Å². The standard InChI is InChI=1S/C7H7BrF3NO2/c8-4-5-3-6(12-14-5)13-2-1-7(9,10)11/h3H,1-2,4H2. The van der Waals surface area contributed by atoms with E-state index >= 15 is 0 Å². The minimum Gasteiger partial charge on any atom is -0.475 e. The maximum atomic E-state index is 11.7. The quantitative estimate of drug-likeness (QED) is 0.792. The van der Waals surface area contributed by atoms with E-state index in [0.29, 0.717) is 11.1 Å². The van der Waals surface area contributed by atoms with Gasteiger partial charge in [0.1, 0.15) is 0 Å². The van der Waals surface area contributed by atoms with Crippen molar-refractivity contribution in [2.24, 2.45) is 0 Å². The summed E-state index contributed by atoms with van der Waals surface area (Å²) in [5.41, 5.74) is 0. The lowest BCUT2D eigenvalue weighted by Crippen LogP contribution is -2.13. The van der Waals surface area contributed by atoms with Crippen molar-refractivity contribution in [3.8, 4) is 5.88 Å². The predicted molar refractivity (Wildman–Crippen MR) is 45.3 cm³/mol. The lowest BCUT2D eigenvalue weighted by atomic mass is 10.4. The summed E-state index contributed by atoms with van der Waals surface area (Å²) in [6.45, 7) is -0.447. The third kappa shape index (κ3) is 3.99. The van der Waals surface area contributed by atoms with Gasteiger partial charge in [0.25, 0.3) is 5.88 Å². The Hall–Kier alpha value is -0.720. The third-order valence-electron chi connectivity index (χ3n) is 1.30. The first kappa shape index (κ1) is 11.4. The van der Waals surface area contributed by atoms with Crippen molar-refractivity contribution in [2.75, 3.05) is 6.61 Å². The molecule has 0 atom stereocenters. The SMILES string of the molecule is FC(F)(F)CCOc1cc(CBr)on1. The molecule has 0 aromatic carbocycles. The van der Waals surface area contributed by atoms with Crippen LogP contribution in [0.25, 0.3) is 0 Å². The van der Waals surface area contributed by atoms with Crippen molar-refractivity contribution in [3.05, 3.63) is 11.8 Å². The summed E-state index contributed by atoms with van der Waals surface area (Å²) in [6.07, 6.45) is -5.20. The highest BCUT2D eigenvalue weighted by atomic mass is 79.9. The van der Waals surface area contributed by atoms with E-state index in [1.807, 2.05) is 0 Å². The van der Waals surface area contributed by atoms with E-state index < -0.39 is 19.2 Å². The zero-order chi connectivity index (χ0) is 10.6. The average Bonchev–Trinajstić information content (AvgIpc) is 2.50. The number of rotatable bonds is 4. The molecular formula is C7H7BrF3NO2. The Morgan fingerprint density at radius 3 is 2.71 bits per heavy atom. The molecule has 1 aromatic rings. The molecule has 0 saturated carbocycles. The minimum absolute atomic E-state index is 0.0729. The Kier molecular flexibility index (Phi) is 3.79. The van der Waals surface area contributed by atoms with Gasteiger partial charge in [-0.2, -0.15) is 13.2 Å². The zero-order valence-electron chi connectivity index (χ0n) is 6.97. The van der Waals surface area contributed by atoms with Crippen LogP contribution in [-0.4, -0.2) is 17.9 Å². The van der Waals surface area contributed by atoms with Crippen LogP contribution in [0.4, 0.5) is 13.2 Å². The van der Waals surface area contributed by atoms with E-state index in [9.17, 15) is 13.2 Å². The minimum atomic E-state index is -4.21. The summed E-state index contributed by atoms with van der Waals surface area (Å²) in [7, 11) is 0. The van der Waals surface area contributed by atoms with Crippen LogP contribution in [-0.2, 0) is 5.33 Å². The van der Waals surface area contributed by atoms with E-state index in [1.54, 1.807) is 0 Å². The van der Waals surface area contributed by atoms with Crippen LogP contribution in [0, 0.1) is 0 Å². The maximum Gasteiger partial charge on any atom is 0.392 e. The van der Waals surface area contributed by atoms with Crippen LogP contribution < -0.4 is 4.74 Å². The number of alkyl halides is 4. The smallest absolute Gasteiger partial charge is 0.392 e. The molecule has 14 heavy (non-hydrogen) atoms. The van der Waals surface area contributed by atoms with Crippen LogP contribution in [0.2, 0.25) is 0 Å². The molecule has 0 N–H and O–H groups in total. The molecule has 0 fully saturated rings. The van der Waals surface area contributed by atoms with Crippen LogP contribution >= 0.6 is 15.9 Å². The van der Waals surface area contributed by atoms with Gasteiger partial charge in [-0.15, -0.1) is 0 Å². The molecule has 0 aliphatic heterocycles. The first-order chi connectivity index (χ1) is 6.51. The molecule has 0 bridgehead atoms. The summed E-state index contributed by atoms with van der Waals surface area (Å²) in [5, 5.41) is 3.86. The molecule has 0 unspecified atom stereocenters. The Morgan fingerprint density at radius 2 is 2.21 bits per heavy atom. The molecular weight excluding hydrogens is 267 g/mol. The average molecular weight is 274 g/mol. The Bertz CT molecular complexity index is 287. The molecule has 7 heteroatoms. The molecule has 0 aliphatic carbocycles. The van der Waals surface area contributed by atoms with Gasteiger partial charge in [-0.05, 0) is 5.16 Å². The van der Waals surface area contributed by atoms with Gasteiger partial charge in [0.05, 0.1) is 18.4 Å². The second-order valence-corrected chi connectivity index (χ2v) is 3.04. The highest BCUT2D eigenvalue weighted by Crippen LogP contribution is 2.20. The van der Waals surface area contributed by atoms with Gasteiger partial charge in [0, 0.05) is 6.07 Å². The second-order valence-electron chi connectivity index (χ2n) is 2.48. The molecule has 0 radical (unpaired) electrons. The van der Waals surface area contributed by atoms with Crippen molar-refractivity contribution in [2.45, 2.75) is 17.9 Å². The molecule has 3 nitrogen and oxygen atoms in total. The Balaban J connectivity index is 2.31. The molecule has 1 aromatic heterocycles. The van der Waals surface area contributed by atoms with Crippen LogP contribution in [0.1, 0.15) is 12.2 Å². The van der Waals surface area contributed by atoms with Crippen molar-refractivity contribution < 1.29 is 22.4 Å². The Morgan fingerprint density at radius 1 is 1.50 bits per heavy atom. The molecule has 0 amide bonds. The number of hydrogen-bond donors (Lipinski definition) is 0. The van der Waals surface area contributed by atoms with E-state index in [0.717, 1.165) is 0 Å². The van der Waals surface area contributed by atoms with Crippen molar-refractivity contribution in [3.63, 3.8) is 0 Å². The number of hydrogen-bond acceptors (Lipinski definition) is 3.